The molecule has 0 spiro atoms. The number of hydrazine groups is 1. The van der Waals surface area contributed by atoms with E-state index in [0.717, 1.165) is 0 Å². The Labute approximate surface area is 103 Å². The highest BCUT2D eigenvalue weighted by molar-refractivity contribution is 7.91. The van der Waals surface area contributed by atoms with E-state index in [4.69, 9.17) is 4.74 Å². The average Bonchev–Trinajstić information content (AvgIpc) is 2.11. The molecule has 0 aliphatic carbocycles. The van der Waals surface area contributed by atoms with Gasteiger partial charge in [-0.05, 0) is 27.7 Å². The second-order valence-electron chi connectivity index (χ2n) is 4.87. The third-order valence-electron chi connectivity index (χ3n) is 1.76. The molecule has 0 bridgehead atoms. The zero-order valence-corrected chi connectivity index (χ0v) is 11.8. The van der Waals surface area contributed by atoms with E-state index in [9.17, 15) is 13.2 Å². The minimum atomic E-state index is -3.06. The Balaban J connectivity index is 4.01. The van der Waals surface area contributed by atoms with Crippen LogP contribution in [0.25, 0.3) is 0 Å². The number of carbonyl (C=O) groups is 1. The molecular formula is C10H22N2O4S. The molecule has 0 radical (unpaired) electrons. The fourth-order valence-electron chi connectivity index (χ4n) is 1.03. The SMILES string of the molecule is CCS(=O)(=O)CC(C)NNC(=O)OC(C)(C)C. The summed E-state index contributed by atoms with van der Waals surface area (Å²) in [6, 6.07) is -0.368. The first-order valence-corrected chi connectivity index (χ1v) is 7.33. The van der Waals surface area contributed by atoms with Crippen LogP contribution in [0.2, 0.25) is 0 Å². The Bertz CT molecular complexity index is 346. The van der Waals surface area contributed by atoms with Gasteiger partial charge in [-0.2, -0.15) is 0 Å². The molecule has 0 aromatic heterocycles. The second-order valence-corrected chi connectivity index (χ2v) is 7.27. The van der Waals surface area contributed by atoms with E-state index in [0.29, 0.717) is 0 Å². The van der Waals surface area contributed by atoms with Crippen molar-refractivity contribution < 1.29 is 17.9 Å². The predicted octanol–water partition coefficient (Wildman–Crippen LogP) is 0.839. The van der Waals surface area contributed by atoms with Gasteiger partial charge in [0.2, 0.25) is 0 Å². The lowest BCUT2D eigenvalue weighted by molar-refractivity contribution is 0.0491. The Morgan fingerprint density at radius 3 is 2.29 bits per heavy atom. The highest BCUT2D eigenvalue weighted by Gasteiger charge is 2.18. The van der Waals surface area contributed by atoms with Gasteiger partial charge in [-0.15, -0.1) is 0 Å². The van der Waals surface area contributed by atoms with Crippen molar-refractivity contribution in [1.29, 1.82) is 0 Å². The third kappa shape index (κ3) is 8.93. The highest BCUT2D eigenvalue weighted by atomic mass is 32.2. The van der Waals surface area contributed by atoms with Crippen molar-refractivity contribution in [1.82, 2.24) is 10.9 Å². The van der Waals surface area contributed by atoms with Crippen LogP contribution < -0.4 is 10.9 Å². The first-order chi connectivity index (χ1) is 7.56. The molecule has 102 valence electrons. The number of hydrogen-bond donors (Lipinski definition) is 2. The standard InChI is InChI=1S/C10H22N2O4S/c1-6-17(14,15)7-8(2)11-12-9(13)16-10(3,4)5/h8,11H,6-7H2,1-5H3,(H,12,13). The lowest BCUT2D eigenvalue weighted by Gasteiger charge is -2.21. The summed E-state index contributed by atoms with van der Waals surface area (Å²) in [5.74, 6) is 0.0603. The molecule has 0 rings (SSSR count). The molecule has 0 aliphatic heterocycles. The van der Waals surface area contributed by atoms with Crippen molar-refractivity contribution >= 4 is 15.9 Å². The van der Waals surface area contributed by atoms with Gasteiger partial charge in [-0.3, -0.25) is 5.43 Å². The fourth-order valence-corrected chi connectivity index (χ4v) is 2.11. The Morgan fingerprint density at radius 1 is 1.35 bits per heavy atom. The molecule has 0 saturated heterocycles. The number of ether oxygens (including phenoxy) is 1. The van der Waals surface area contributed by atoms with Crippen LogP contribution in [0.5, 0.6) is 0 Å². The molecule has 0 aliphatic rings. The molecular weight excluding hydrogens is 244 g/mol. The van der Waals surface area contributed by atoms with Crippen LogP contribution in [0.1, 0.15) is 34.6 Å². The number of rotatable bonds is 5. The molecule has 0 fully saturated rings. The van der Waals surface area contributed by atoms with E-state index >= 15 is 0 Å². The van der Waals surface area contributed by atoms with Crippen LogP contribution in [0, 0.1) is 0 Å². The molecule has 0 aromatic rings. The van der Waals surface area contributed by atoms with Gasteiger partial charge in [0.1, 0.15) is 5.60 Å². The van der Waals surface area contributed by atoms with Crippen LogP contribution in [-0.2, 0) is 14.6 Å². The number of sulfone groups is 1. The monoisotopic (exact) mass is 266 g/mol. The summed E-state index contributed by atoms with van der Waals surface area (Å²) in [4.78, 5) is 11.3. The summed E-state index contributed by atoms with van der Waals surface area (Å²) < 4.78 is 27.6. The number of amides is 1. The zero-order valence-electron chi connectivity index (χ0n) is 11.0. The minimum absolute atomic E-state index is 0.0285. The van der Waals surface area contributed by atoms with Gasteiger partial charge < -0.3 is 4.74 Å². The van der Waals surface area contributed by atoms with Crippen molar-refractivity contribution in [3.05, 3.63) is 0 Å². The normalized spacial score (nSPS) is 14.2. The molecule has 17 heavy (non-hydrogen) atoms. The van der Waals surface area contributed by atoms with Crippen molar-refractivity contribution in [3.63, 3.8) is 0 Å². The van der Waals surface area contributed by atoms with E-state index in [1.54, 1.807) is 34.6 Å². The second kappa shape index (κ2) is 6.20. The Kier molecular flexibility index (Phi) is 5.91. The largest absolute Gasteiger partial charge is 0.443 e. The van der Waals surface area contributed by atoms with Gasteiger partial charge in [-0.25, -0.2) is 18.6 Å². The Morgan fingerprint density at radius 2 is 1.88 bits per heavy atom. The quantitative estimate of drug-likeness (QED) is 0.720. The van der Waals surface area contributed by atoms with E-state index in [-0.39, 0.29) is 17.5 Å². The summed E-state index contributed by atoms with van der Waals surface area (Å²) in [5.41, 5.74) is 4.32. The molecule has 2 N–H and O–H groups in total. The molecule has 1 unspecified atom stereocenters. The molecule has 0 aromatic carbocycles. The molecule has 0 saturated carbocycles. The summed E-state index contributed by atoms with van der Waals surface area (Å²) in [6.07, 6.45) is -0.627. The van der Waals surface area contributed by atoms with Crippen LogP contribution in [0.3, 0.4) is 0 Å². The van der Waals surface area contributed by atoms with Crippen LogP contribution in [0.15, 0.2) is 0 Å². The summed E-state index contributed by atoms with van der Waals surface area (Å²) in [6.45, 7) is 8.50. The smallest absolute Gasteiger partial charge is 0.422 e. The van der Waals surface area contributed by atoms with Crippen LogP contribution in [-0.4, -0.2) is 37.7 Å². The topological polar surface area (TPSA) is 84.5 Å². The maximum absolute atomic E-state index is 11.3. The van der Waals surface area contributed by atoms with Crippen molar-refractivity contribution in [2.45, 2.75) is 46.3 Å². The Hall–Kier alpha value is -0.820. The number of hydrogen-bond acceptors (Lipinski definition) is 5. The lowest BCUT2D eigenvalue weighted by Crippen LogP contribution is -2.47. The first kappa shape index (κ1) is 16.2. The summed E-state index contributed by atoms with van der Waals surface area (Å²) in [5, 5.41) is 0. The van der Waals surface area contributed by atoms with Gasteiger partial charge in [0.05, 0.1) is 5.75 Å². The highest BCUT2D eigenvalue weighted by Crippen LogP contribution is 2.05. The van der Waals surface area contributed by atoms with E-state index < -0.39 is 21.5 Å². The molecule has 1 amide bonds. The van der Waals surface area contributed by atoms with E-state index in [1.807, 2.05) is 0 Å². The third-order valence-corrected chi connectivity index (χ3v) is 3.65. The number of carbonyl (C=O) groups excluding carboxylic acids is 1. The van der Waals surface area contributed by atoms with Gasteiger partial charge >= 0.3 is 6.09 Å². The van der Waals surface area contributed by atoms with Gasteiger partial charge in [-0.1, -0.05) is 6.92 Å². The summed E-state index contributed by atoms with van der Waals surface area (Å²) >= 11 is 0. The van der Waals surface area contributed by atoms with Crippen molar-refractivity contribution in [2.24, 2.45) is 0 Å². The maximum Gasteiger partial charge on any atom is 0.422 e. The zero-order chi connectivity index (χ0) is 13.7. The molecule has 1 atom stereocenters. The van der Waals surface area contributed by atoms with E-state index in [1.165, 1.54) is 0 Å². The number of nitrogens with one attached hydrogen (secondary N) is 2. The first-order valence-electron chi connectivity index (χ1n) is 5.50. The average molecular weight is 266 g/mol. The summed E-state index contributed by atoms with van der Waals surface area (Å²) in [7, 11) is -3.06. The van der Waals surface area contributed by atoms with Crippen LogP contribution in [0.4, 0.5) is 4.79 Å². The van der Waals surface area contributed by atoms with E-state index in [2.05, 4.69) is 10.9 Å². The van der Waals surface area contributed by atoms with Gasteiger partial charge in [0.25, 0.3) is 0 Å². The van der Waals surface area contributed by atoms with Gasteiger partial charge in [0.15, 0.2) is 9.84 Å². The van der Waals surface area contributed by atoms with Crippen molar-refractivity contribution in [2.75, 3.05) is 11.5 Å². The fraction of sp³-hybridized carbons (Fsp3) is 0.900. The van der Waals surface area contributed by atoms with Gasteiger partial charge in [0, 0.05) is 11.8 Å². The maximum atomic E-state index is 11.3. The lowest BCUT2D eigenvalue weighted by atomic mass is 10.2. The van der Waals surface area contributed by atoms with Crippen molar-refractivity contribution in [3.8, 4) is 0 Å². The van der Waals surface area contributed by atoms with Crippen LogP contribution >= 0.6 is 0 Å². The minimum Gasteiger partial charge on any atom is -0.443 e. The predicted molar refractivity (Wildman–Crippen MR) is 66.3 cm³/mol. The molecule has 6 nitrogen and oxygen atoms in total. The molecule has 7 heteroatoms. The molecule has 0 heterocycles.